The lowest BCUT2D eigenvalue weighted by Crippen LogP contribution is -2.44. The van der Waals surface area contributed by atoms with Gasteiger partial charge >= 0.3 is 0 Å². The Labute approximate surface area is 135 Å². The van der Waals surface area contributed by atoms with Crippen molar-refractivity contribution in [2.24, 2.45) is 0 Å². The number of carbonyl (C=O) groups is 1. The van der Waals surface area contributed by atoms with E-state index in [0.717, 1.165) is 25.2 Å². The number of Topliss-reactive ketones (excluding diaryl/α,β-unsaturated/α-hetero) is 1. The van der Waals surface area contributed by atoms with Gasteiger partial charge in [-0.1, -0.05) is 12.1 Å². The van der Waals surface area contributed by atoms with Crippen molar-refractivity contribution < 1.29 is 17.9 Å². The molecule has 120 valence electrons. The Morgan fingerprint density at radius 3 is 2.36 bits per heavy atom. The molecule has 5 nitrogen and oxygen atoms in total. The molecule has 1 aromatic rings. The van der Waals surface area contributed by atoms with Crippen molar-refractivity contribution in [3.05, 3.63) is 29.8 Å². The number of rotatable bonds is 3. The van der Waals surface area contributed by atoms with Gasteiger partial charge in [0.2, 0.25) is 10.0 Å². The molecule has 0 amide bonds. The molecule has 0 radical (unpaired) electrons. The van der Waals surface area contributed by atoms with Gasteiger partial charge in [-0.15, -0.1) is 11.8 Å². The van der Waals surface area contributed by atoms with E-state index < -0.39 is 10.0 Å². The molecule has 7 heteroatoms. The molecule has 2 aliphatic rings. The molecule has 2 aliphatic heterocycles. The summed E-state index contributed by atoms with van der Waals surface area (Å²) >= 11 is 1.80. The smallest absolute Gasteiger partial charge is 0.243 e. The zero-order chi connectivity index (χ0) is 15.8. The molecule has 0 unspecified atom stereocenters. The Hall–Kier alpha value is -0.890. The van der Waals surface area contributed by atoms with Crippen LogP contribution in [0.2, 0.25) is 0 Å². The molecular formula is C15H19NO4S2. The van der Waals surface area contributed by atoms with E-state index in [1.807, 2.05) is 0 Å². The summed E-state index contributed by atoms with van der Waals surface area (Å²) in [5, 5.41) is 0. The van der Waals surface area contributed by atoms with Gasteiger partial charge in [0.15, 0.2) is 5.78 Å². The number of nitrogens with zero attached hydrogens (tertiary/aromatic N) is 1. The quantitative estimate of drug-likeness (QED) is 0.788. The number of thioether (sulfide) groups is 1. The SMILES string of the molecule is CC(=O)c1ccc(S(=O)(=O)N2CCC3(CC2)OCCS3)cc1. The largest absolute Gasteiger partial charge is 0.363 e. The second-order valence-electron chi connectivity index (χ2n) is 5.59. The Kier molecular flexibility index (Phi) is 4.33. The van der Waals surface area contributed by atoms with E-state index >= 15 is 0 Å². The molecule has 1 spiro atoms. The van der Waals surface area contributed by atoms with Crippen LogP contribution in [0.4, 0.5) is 0 Å². The van der Waals surface area contributed by atoms with Crippen molar-refractivity contribution in [2.75, 3.05) is 25.4 Å². The first-order chi connectivity index (χ1) is 10.4. The first kappa shape index (κ1) is 16.0. The van der Waals surface area contributed by atoms with E-state index in [1.165, 1.54) is 23.4 Å². The molecule has 0 N–H and O–H groups in total. The van der Waals surface area contributed by atoms with Crippen molar-refractivity contribution in [1.82, 2.24) is 4.31 Å². The second kappa shape index (κ2) is 5.96. The standard InChI is InChI=1S/C15H19NO4S2/c1-12(17)13-2-4-14(5-3-13)22(18,19)16-8-6-15(7-9-16)20-10-11-21-15/h2-5H,6-11H2,1H3. The van der Waals surface area contributed by atoms with Gasteiger partial charge in [-0.25, -0.2) is 8.42 Å². The van der Waals surface area contributed by atoms with Gasteiger partial charge in [0.1, 0.15) is 4.93 Å². The van der Waals surface area contributed by atoms with Gasteiger partial charge in [0.25, 0.3) is 0 Å². The predicted molar refractivity (Wildman–Crippen MR) is 85.6 cm³/mol. The van der Waals surface area contributed by atoms with E-state index in [0.29, 0.717) is 18.7 Å². The molecule has 2 fully saturated rings. The minimum atomic E-state index is -3.49. The van der Waals surface area contributed by atoms with Crippen LogP contribution in [0, 0.1) is 0 Å². The Morgan fingerprint density at radius 2 is 1.86 bits per heavy atom. The van der Waals surface area contributed by atoms with Crippen molar-refractivity contribution in [3.8, 4) is 0 Å². The van der Waals surface area contributed by atoms with Crippen LogP contribution in [-0.2, 0) is 14.8 Å². The third-order valence-electron chi connectivity index (χ3n) is 4.20. The molecule has 2 saturated heterocycles. The maximum Gasteiger partial charge on any atom is 0.243 e. The van der Waals surface area contributed by atoms with Crippen LogP contribution in [0.1, 0.15) is 30.1 Å². The van der Waals surface area contributed by atoms with E-state index in [-0.39, 0.29) is 15.6 Å². The Bertz CT molecular complexity index is 653. The third kappa shape index (κ3) is 2.95. The number of hydrogen-bond acceptors (Lipinski definition) is 5. The highest BCUT2D eigenvalue weighted by Gasteiger charge is 2.42. The summed E-state index contributed by atoms with van der Waals surface area (Å²) in [6.07, 6.45) is 1.45. The van der Waals surface area contributed by atoms with E-state index in [2.05, 4.69) is 0 Å². The fraction of sp³-hybridized carbons (Fsp3) is 0.533. The zero-order valence-corrected chi connectivity index (χ0v) is 14.1. The van der Waals surface area contributed by atoms with Crippen molar-refractivity contribution in [2.45, 2.75) is 29.6 Å². The molecule has 0 aliphatic carbocycles. The Morgan fingerprint density at radius 1 is 1.23 bits per heavy atom. The minimum Gasteiger partial charge on any atom is -0.363 e. The number of hydrogen-bond donors (Lipinski definition) is 0. The van der Waals surface area contributed by atoms with E-state index in [9.17, 15) is 13.2 Å². The second-order valence-corrected chi connectivity index (χ2v) is 8.97. The van der Waals surface area contributed by atoms with Gasteiger partial charge in [-0.3, -0.25) is 4.79 Å². The van der Waals surface area contributed by atoms with Gasteiger partial charge in [-0.05, 0) is 31.9 Å². The number of ketones is 1. The van der Waals surface area contributed by atoms with Gasteiger partial charge in [0.05, 0.1) is 11.5 Å². The number of piperidine rings is 1. The topological polar surface area (TPSA) is 63.7 Å². The fourth-order valence-electron chi connectivity index (χ4n) is 2.86. The maximum atomic E-state index is 12.7. The van der Waals surface area contributed by atoms with Crippen molar-refractivity contribution >= 4 is 27.6 Å². The van der Waals surface area contributed by atoms with Crippen molar-refractivity contribution in [1.29, 1.82) is 0 Å². The number of sulfonamides is 1. The molecule has 0 bridgehead atoms. The fourth-order valence-corrected chi connectivity index (χ4v) is 5.48. The van der Waals surface area contributed by atoms with Crippen molar-refractivity contribution in [3.63, 3.8) is 0 Å². The van der Waals surface area contributed by atoms with Crippen LogP contribution in [0.15, 0.2) is 29.2 Å². The summed E-state index contributed by atoms with van der Waals surface area (Å²) in [5.74, 6) is 0.915. The molecule has 3 rings (SSSR count). The first-order valence-electron chi connectivity index (χ1n) is 7.32. The molecule has 22 heavy (non-hydrogen) atoms. The molecule has 2 heterocycles. The molecular weight excluding hydrogens is 322 g/mol. The lowest BCUT2D eigenvalue weighted by Gasteiger charge is -2.37. The van der Waals surface area contributed by atoms with Crippen LogP contribution in [0.5, 0.6) is 0 Å². The summed E-state index contributed by atoms with van der Waals surface area (Å²) < 4.78 is 32.6. The van der Waals surface area contributed by atoms with E-state index in [1.54, 1.807) is 23.9 Å². The summed E-state index contributed by atoms with van der Waals surface area (Å²) in [6, 6.07) is 6.15. The zero-order valence-electron chi connectivity index (χ0n) is 12.4. The van der Waals surface area contributed by atoms with E-state index in [4.69, 9.17) is 4.74 Å². The molecule has 1 aromatic carbocycles. The normalized spacial score (nSPS) is 22.0. The van der Waals surface area contributed by atoms with Crippen LogP contribution in [-0.4, -0.2) is 48.9 Å². The Balaban J connectivity index is 1.74. The summed E-state index contributed by atoms with van der Waals surface area (Å²) in [6.45, 7) is 3.17. The van der Waals surface area contributed by atoms with Gasteiger partial charge in [-0.2, -0.15) is 4.31 Å². The molecule has 0 saturated carbocycles. The average Bonchev–Trinajstić information content (AvgIpc) is 2.96. The predicted octanol–water partition coefficient (Wildman–Crippen LogP) is 2.13. The highest BCUT2D eigenvalue weighted by atomic mass is 32.2. The average molecular weight is 341 g/mol. The summed E-state index contributed by atoms with van der Waals surface area (Å²) in [7, 11) is -3.49. The van der Waals surface area contributed by atoms with Crippen LogP contribution >= 0.6 is 11.8 Å². The third-order valence-corrected chi connectivity index (χ3v) is 7.53. The molecule has 0 aromatic heterocycles. The highest BCUT2D eigenvalue weighted by molar-refractivity contribution is 8.00. The van der Waals surface area contributed by atoms with Crippen LogP contribution in [0.25, 0.3) is 0 Å². The lowest BCUT2D eigenvalue weighted by atomic mass is 10.1. The first-order valence-corrected chi connectivity index (χ1v) is 9.75. The van der Waals surface area contributed by atoms with Crippen LogP contribution < -0.4 is 0 Å². The number of ether oxygens (including phenoxy) is 1. The monoisotopic (exact) mass is 341 g/mol. The van der Waals surface area contributed by atoms with Gasteiger partial charge < -0.3 is 4.74 Å². The highest BCUT2D eigenvalue weighted by Crippen LogP contribution is 2.42. The minimum absolute atomic E-state index is 0.0701. The van der Waals surface area contributed by atoms with Gasteiger partial charge in [0, 0.05) is 24.4 Å². The summed E-state index contributed by atoms with van der Waals surface area (Å²) in [5.41, 5.74) is 0.521. The lowest BCUT2D eigenvalue weighted by molar-refractivity contribution is 0.0162. The summed E-state index contributed by atoms with van der Waals surface area (Å²) in [4.78, 5) is 11.3. The number of benzene rings is 1. The van der Waals surface area contributed by atoms with Crippen LogP contribution in [0.3, 0.4) is 0 Å². The number of carbonyl (C=O) groups excluding carboxylic acids is 1. The molecule has 0 atom stereocenters. The maximum absolute atomic E-state index is 12.7.